The number of benzene rings is 2. The van der Waals surface area contributed by atoms with E-state index in [1.807, 2.05) is 42.6 Å². The molecular weight excluding hydrogens is 274 g/mol. The average molecular weight is 291 g/mol. The summed E-state index contributed by atoms with van der Waals surface area (Å²) in [5.74, 6) is 0. The summed E-state index contributed by atoms with van der Waals surface area (Å²) in [5, 5.41) is 16.7. The Hall–Kier alpha value is -2.88. The van der Waals surface area contributed by atoms with Crippen molar-refractivity contribution in [1.29, 1.82) is 0 Å². The zero-order valence-corrected chi connectivity index (χ0v) is 12.6. The van der Waals surface area contributed by atoms with Crippen LogP contribution in [0.5, 0.6) is 0 Å². The van der Waals surface area contributed by atoms with E-state index >= 15 is 0 Å². The van der Waals surface area contributed by atoms with E-state index in [4.69, 9.17) is 5.21 Å². The van der Waals surface area contributed by atoms with Gasteiger partial charge in [0.05, 0.1) is 11.9 Å². The van der Waals surface area contributed by atoms with Crippen molar-refractivity contribution in [3.63, 3.8) is 0 Å². The fraction of sp³-hybridized carbons (Fsp3) is 0.111. The smallest absolute Gasteiger partial charge is 0.102 e. The number of rotatable bonds is 3. The molecule has 0 unspecified atom stereocenters. The van der Waals surface area contributed by atoms with E-state index in [2.05, 4.69) is 36.2 Å². The Kier molecular flexibility index (Phi) is 3.74. The van der Waals surface area contributed by atoms with Gasteiger partial charge in [-0.05, 0) is 43.2 Å². The molecule has 0 atom stereocenters. The second-order valence-electron chi connectivity index (χ2n) is 5.26. The first-order valence-corrected chi connectivity index (χ1v) is 7.09. The molecule has 0 amide bonds. The fourth-order valence-corrected chi connectivity index (χ4v) is 2.37. The lowest BCUT2D eigenvalue weighted by Gasteiger charge is -2.04. The molecule has 1 N–H and O–H groups in total. The van der Waals surface area contributed by atoms with Crippen LogP contribution in [-0.2, 0) is 0 Å². The highest BCUT2D eigenvalue weighted by Crippen LogP contribution is 2.24. The Morgan fingerprint density at radius 1 is 1.05 bits per heavy atom. The van der Waals surface area contributed by atoms with E-state index in [-0.39, 0.29) is 0 Å². The summed E-state index contributed by atoms with van der Waals surface area (Å²) in [7, 11) is 0. The van der Waals surface area contributed by atoms with Crippen molar-refractivity contribution in [2.24, 2.45) is 5.16 Å². The Bertz CT molecular complexity index is 820. The summed E-state index contributed by atoms with van der Waals surface area (Å²) >= 11 is 0. The molecular formula is C18H17N3O. The topological polar surface area (TPSA) is 50.4 Å². The third-order valence-corrected chi connectivity index (χ3v) is 3.74. The molecule has 4 heteroatoms. The van der Waals surface area contributed by atoms with Gasteiger partial charge in [-0.3, -0.25) is 0 Å². The van der Waals surface area contributed by atoms with Crippen molar-refractivity contribution in [3.05, 3.63) is 71.4 Å². The van der Waals surface area contributed by atoms with Gasteiger partial charge in [0.2, 0.25) is 0 Å². The van der Waals surface area contributed by atoms with Crippen molar-refractivity contribution >= 4 is 6.21 Å². The first kappa shape index (κ1) is 14.1. The minimum Gasteiger partial charge on any atom is -0.411 e. The average Bonchev–Trinajstić information content (AvgIpc) is 2.95. The molecule has 110 valence electrons. The van der Waals surface area contributed by atoms with Gasteiger partial charge in [0.1, 0.15) is 5.69 Å². The largest absolute Gasteiger partial charge is 0.411 e. The molecule has 0 spiro atoms. The maximum atomic E-state index is 8.90. The zero-order chi connectivity index (χ0) is 15.5. The molecule has 0 aliphatic carbocycles. The summed E-state index contributed by atoms with van der Waals surface area (Å²) in [6.45, 7) is 4.16. The Morgan fingerprint density at radius 3 is 2.50 bits per heavy atom. The number of hydrogen-bond acceptors (Lipinski definition) is 3. The van der Waals surface area contributed by atoms with Crippen LogP contribution in [0.25, 0.3) is 16.9 Å². The summed E-state index contributed by atoms with van der Waals surface area (Å²) in [5.41, 5.74) is 5.99. The molecule has 0 saturated carbocycles. The van der Waals surface area contributed by atoms with E-state index in [1.165, 1.54) is 17.3 Å². The van der Waals surface area contributed by atoms with Crippen LogP contribution in [-0.4, -0.2) is 21.2 Å². The van der Waals surface area contributed by atoms with Gasteiger partial charge >= 0.3 is 0 Å². The maximum Gasteiger partial charge on any atom is 0.102 e. The highest BCUT2D eigenvalue weighted by molar-refractivity contribution is 5.88. The minimum absolute atomic E-state index is 0.773. The zero-order valence-electron chi connectivity index (χ0n) is 12.6. The van der Waals surface area contributed by atoms with E-state index in [0.717, 1.165) is 22.5 Å². The number of nitrogens with zero attached hydrogens (tertiary/aromatic N) is 3. The van der Waals surface area contributed by atoms with Crippen LogP contribution in [0.2, 0.25) is 0 Å². The van der Waals surface area contributed by atoms with Gasteiger partial charge in [0.25, 0.3) is 0 Å². The molecule has 0 saturated heterocycles. The van der Waals surface area contributed by atoms with Crippen LogP contribution in [0, 0.1) is 13.8 Å². The van der Waals surface area contributed by atoms with Gasteiger partial charge < -0.3 is 5.21 Å². The van der Waals surface area contributed by atoms with E-state index in [0.29, 0.717) is 0 Å². The molecule has 4 nitrogen and oxygen atoms in total. The predicted octanol–water partition coefficient (Wildman–Crippen LogP) is 3.96. The highest BCUT2D eigenvalue weighted by atomic mass is 16.4. The van der Waals surface area contributed by atoms with Gasteiger partial charge in [0, 0.05) is 17.3 Å². The molecule has 3 rings (SSSR count). The van der Waals surface area contributed by atoms with Crippen LogP contribution in [0.1, 0.15) is 16.7 Å². The standard InChI is InChI=1S/C18H17N3O/c1-13-8-9-15(10-14(13)2)18-16(11-19-22)12-21(20-18)17-6-4-3-5-7-17/h3-12,22H,1-2H3. The van der Waals surface area contributed by atoms with Crippen LogP contribution in [0.3, 0.4) is 0 Å². The summed E-state index contributed by atoms with van der Waals surface area (Å²) < 4.78 is 1.79. The maximum absolute atomic E-state index is 8.90. The van der Waals surface area contributed by atoms with Gasteiger partial charge in [0.15, 0.2) is 0 Å². The molecule has 0 bridgehead atoms. The number of oxime groups is 1. The lowest BCUT2D eigenvalue weighted by molar-refractivity contribution is 0.322. The lowest BCUT2D eigenvalue weighted by atomic mass is 10.0. The molecule has 0 fully saturated rings. The third kappa shape index (κ3) is 2.63. The molecule has 0 aliphatic heterocycles. The summed E-state index contributed by atoms with van der Waals surface area (Å²) in [6.07, 6.45) is 3.27. The first-order chi connectivity index (χ1) is 10.7. The monoisotopic (exact) mass is 291 g/mol. The molecule has 1 aromatic heterocycles. The molecule has 0 radical (unpaired) electrons. The van der Waals surface area contributed by atoms with Gasteiger partial charge in [-0.1, -0.05) is 35.5 Å². The van der Waals surface area contributed by atoms with Crippen LogP contribution in [0.4, 0.5) is 0 Å². The van der Waals surface area contributed by atoms with Gasteiger partial charge in [-0.25, -0.2) is 4.68 Å². The van der Waals surface area contributed by atoms with Crippen LogP contribution >= 0.6 is 0 Å². The third-order valence-electron chi connectivity index (χ3n) is 3.74. The highest BCUT2D eigenvalue weighted by Gasteiger charge is 2.11. The molecule has 0 aliphatic rings. The minimum atomic E-state index is 0.773. The first-order valence-electron chi connectivity index (χ1n) is 7.09. The summed E-state index contributed by atoms with van der Waals surface area (Å²) in [4.78, 5) is 0. The van der Waals surface area contributed by atoms with E-state index in [1.54, 1.807) is 4.68 Å². The van der Waals surface area contributed by atoms with Crippen molar-refractivity contribution in [2.45, 2.75) is 13.8 Å². The number of hydrogen-bond donors (Lipinski definition) is 1. The number of para-hydroxylation sites is 1. The predicted molar refractivity (Wildman–Crippen MR) is 87.9 cm³/mol. The Balaban J connectivity index is 2.14. The number of aryl methyl sites for hydroxylation is 2. The quantitative estimate of drug-likeness (QED) is 0.451. The number of aromatic nitrogens is 2. The van der Waals surface area contributed by atoms with E-state index in [9.17, 15) is 0 Å². The van der Waals surface area contributed by atoms with Crippen LogP contribution in [0.15, 0.2) is 59.9 Å². The molecule has 3 aromatic rings. The van der Waals surface area contributed by atoms with Crippen molar-refractivity contribution in [3.8, 4) is 16.9 Å². The molecule has 1 heterocycles. The molecule has 22 heavy (non-hydrogen) atoms. The second kappa shape index (κ2) is 5.85. The van der Waals surface area contributed by atoms with Crippen molar-refractivity contribution in [2.75, 3.05) is 0 Å². The SMILES string of the molecule is Cc1ccc(-c2nn(-c3ccccc3)cc2C=NO)cc1C. The normalized spacial score (nSPS) is 11.2. The van der Waals surface area contributed by atoms with Gasteiger partial charge in [-0.15, -0.1) is 0 Å². The summed E-state index contributed by atoms with van der Waals surface area (Å²) in [6, 6.07) is 16.1. The Labute approximate surface area is 129 Å². The molecule has 2 aromatic carbocycles. The van der Waals surface area contributed by atoms with Gasteiger partial charge in [-0.2, -0.15) is 5.10 Å². The lowest BCUT2D eigenvalue weighted by Crippen LogP contribution is -1.94. The Morgan fingerprint density at radius 2 is 1.82 bits per heavy atom. The van der Waals surface area contributed by atoms with Crippen LogP contribution < -0.4 is 0 Å². The van der Waals surface area contributed by atoms with Crippen molar-refractivity contribution in [1.82, 2.24) is 9.78 Å². The van der Waals surface area contributed by atoms with Crippen molar-refractivity contribution < 1.29 is 5.21 Å². The second-order valence-corrected chi connectivity index (χ2v) is 5.26. The fourth-order valence-electron chi connectivity index (χ4n) is 2.37. The van der Waals surface area contributed by atoms with E-state index < -0.39 is 0 Å².